The van der Waals surface area contributed by atoms with Crippen LogP contribution in [0.2, 0.25) is 0 Å². The van der Waals surface area contributed by atoms with Gasteiger partial charge in [-0.2, -0.15) is 0 Å². The molecule has 0 fully saturated rings. The molecular formula is C48H60N2O11S. The Bertz CT molecular complexity index is 2190. The number of hydrogen-bond acceptors (Lipinski definition) is 12. The molecule has 0 bridgehead atoms. The third kappa shape index (κ3) is 12.5. The highest BCUT2D eigenvalue weighted by molar-refractivity contribution is 8.00. The van der Waals surface area contributed by atoms with E-state index >= 15 is 0 Å². The number of benzene rings is 4. The number of amides is 2. The van der Waals surface area contributed by atoms with Gasteiger partial charge in [-0.3, -0.25) is 14.5 Å². The summed E-state index contributed by atoms with van der Waals surface area (Å²) in [7, 11) is 4.78. The molecular weight excluding hydrogens is 813 g/mol. The molecule has 62 heavy (non-hydrogen) atoms. The van der Waals surface area contributed by atoms with Gasteiger partial charge in [0.1, 0.15) is 51.8 Å². The first-order chi connectivity index (χ1) is 29.4. The second-order valence-corrected chi connectivity index (χ2v) is 17.6. The van der Waals surface area contributed by atoms with Gasteiger partial charge in [0.2, 0.25) is 0 Å². The Balaban J connectivity index is 1.25. The molecule has 1 aliphatic rings. The average Bonchev–Trinajstić information content (AvgIpc) is 3.24. The van der Waals surface area contributed by atoms with Crippen LogP contribution in [0.15, 0.2) is 71.6 Å². The van der Waals surface area contributed by atoms with Crippen LogP contribution in [0.5, 0.6) is 28.7 Å². The molecule has 4 aromatic carbocycles. The number of esters is 1. The van der Waals surface area contributed by atoms with Crippen LogP contribution in [0.4, 0.5) is 16.2 Å². The molecule has 4 aromatic rings. The van der Waals surface area contributed by atoms with Crippen molar-refractivity contribution < 1.29 is 52.3 Å². The summed E-state index contributed by atoms with van der Waals surface area (Å²) in [5.74, 6) is 2.58. The molecule has 2 atom stereocenters. The topological polar surface area (TPSA) is 140 Å². The van der Waals surface area contributed by atoms with E-state index < -0.39 is 28.5 Å². The van der Waals surface area contributed by atoms with Crippen molar-refractivity contribution >= 4 is 41.1 Å². The number of thioether (sulfide) groups is 1. The molecule has 1 N–H and O–H groups in total. The maximum absolute atomic E-state index is 13.3. The normalized spacial score (nSPS) is 15.0. The number of hydrogen-bond donors (Lipinski definition) is 1. The molecule has 5 rings (SSSR count). The van der Waals surface area contributed by atoms with Crippen molar-refractivity contribution in [3.63, 3.8) is 0 Å². The number of anilines is 2. The van der Waals surface area contributed by atoms with Gasteiger partial charge in [-0.05, 0) is 145 Å². The Morgan fingerprint density at radius 3 is 2.21 bits per heavy atom. The van der Waals surface area contributed by atoms with E-state index in [4.69, 9.17) is 37.9 Å². The molecule has 0 aliphatic carbocycles. The summed E-state index contributed by atoms with van der Waals surface area (Å²) in [4.78, 5) is 41.8. The number of carbonyl (C=O) groups is 3. The van der Waals surface area contributed by atoms with Gasteiger partial charge in [-0.25, -0.2) is 4.79 Å². The van der Waals surface area contributed by atoms with E-state index in [1.165, 1.54) is 16.7 Å². The second kappa shape index (κ2) is 21.0. The van der Waals surface area contributed by atoms with Crippen LogP contribution >= 0.6 is 11.8 Å². The molecule has 1 heterocycles. The van der Waals surface area contributed by atoms with Gasteiger partial charge in [-0.1, -0.05) is 12.1 Å². The SMILES string of the molecule is CCOC(=O)C(Cc1ccc(OCC(=O)Nc2ccc(OCC3(C)CCc4c(C)c(OCOC)c(C)c(C)c4O3)cc2N(C)C(=O)OC(C)(C)C)cc1)Sc1ccc(OC)cc1. The molecule has 0 aromatic heterocycles. The fourth-order valence-electron chi connectivity index (χ4n) is 6.86. The standard InChI is InChI=1S/C48H60N2O11S/c1-12-56-45(52)41(62-37-20-17-34(55-11)18-21-37)25-33-13-15-35(16-14-33)57-27-42(51)49-39-22-19-36(26-40(39)50(9)46(53)61-47(5,6)7)58-28-48(8)24-23-38-32(4)43(59-29-54-10)30(2)31(3)44(38)60-48/h13-22,26,41H,12,23-25,27-29H2,1-11H3,(H,49,51). The van der Waals surface area contributed by atoms with Gasteiger partial charge in [0, 0.05) is 30.7 Å². The van der Waals surface area contributed by atoms with Gasteiger partial charge < -0.3 is 43.2 Å². The van der Waals surface area contributed by atoms with Gasteiger partial charge in [0.15, 0.2) is 13.4 Å². The van der Waals surface area contributed by atoms with E-state index in [0.29, 0.717) is 35.7 Å². The number of nitrogens with one attached hydrogen (secondary N) is 1. The van der Waals surface area contributed by atoms with Crippen molar-refractivity contribution in [1.29, 1.82) is 0 Å². The first-order valence-electron chi connectivity index (χ1n) is 20.6. The number of carbonyl (C=O) groups excluding carboxylic acids is 3. The summed E-state index contributed by atoms with van der Waals surface area (Å²) in [5.41, 5.74) is 4.37. The third-order valence-electron chi connectivity index (χ3n) is 10.3. The Hall–Kier alpha value is -5.60. The van der Waals surface area contributed by atoms with Crippen LogP contribution in [-0.2, 0) is 36.6 Å². The summed E-state index contributed by atoms with van der Waals surface area (Å²) in [6, 6.07) is 19.8. The van der Waals surface area contributed by atoms with Crippen molar-refractivity contribution in [2.24, 2.45) is 0 Å². The van der Waals surface area contributed by atoms with Gasteiger partial charge in [0.05, 0.1) is 25.1 Å². The summed E-state index contributed by atoms with van der Waals surface area (Å²) in [5, 5.41) is 2.41. The van der Waals surface area contributed by atoms with E-state index in [1.54, 1.807) is 79.3 Å². The Labute approximate surface area is 369 Å². The molecule has 0 saturated carbocycles. The molecule has 14 heteroatoms. The first kappa shape index (κ1) is 47.4. The lowest BCUT2D eigenvalue weighted by atomic mass is 9.87. The second-order valence-electron chi connectivity index (χ2n) is 16.3. The highest BCUT2D eigenvalue weighted by atomic mass is 32.2. The van der Waals surface area contributed by atoms with Crippen molar-refractivity contribution in [2.75, 3.05) is 58.1 Å². The zero-order valence-electron chi connectivity index (χ0n) is 37.7. The van der Waals surface area contributed by atoms with E-state index in [2.05, 4.69) is 5.32 Å². The Morgan fingerprint density at radius 2 is 1.56 bits per heavy atom. The summed E-state index contributed by atoms with van der Waals surface area (Å²) in [6.45, 7) is 15.6. The first-order valence-corrected chi connectivity index (χ1v) is 21.5. The van der Waals surface area contributed by atoms with Crippen LogP contribution in [0, 0.1) is 20.8 Å². The highest BCUT2D eigenvalue weighted by Crippen LogP contribution is 2.44. The minimum absolute atomic E-state index is 0.165. The predicted octanol–water partition coefficient (Wildman–Crippen LogP) is 9.42. The monoisotopic (exact) mass is 872 g/mol. The minimum Gasteiger partial charge on any atom is -0.497 e. The van der Waals surface area contributed by atoms with Gasteiger partial charge >= 0.3 is 12.1 Å². The molecule has 334 valence electrons. The molecule has 13 nitrogen and oxygen atoms in total. The number of ether oxygens (including phenoxy) is 8. The van der Waals surface area contributed by atoms with Gasteiger partial charge in [0.25, 0.3) is 5.91 Å². The number of fused-ring (bicyclic) bond motifs is 1. The van der Waals surface area contributed by atoms with Crippen molar-refractivity contribution in [2.45, 2.75) is 96.0 Å². The Morgan fingerprint density at radius 1 is 0.887 bits per heavy atom. The maximum Gasteiger partial charge on any atom is 0.414 e. The van der Waals surface area contributed by atoms with E-state index in [0.717, 1.165) is 56.4 Å². The van der Waals surface area contributed by atoms with Crippen LogP contribution in [0.25, 0.3) is 0 Å². The molecule has 0 radical (unpaired) electrons. The number of rotatable bonds is 18. The van der Waals surface area contributed by atoms with Crippen LogP contribution in [0.3, 0.4) is 0 Å². The predicted molar refractivity (Wildman–Crippen MR) is 241 cm³/mol. The quantitative estimate of drug-likeness (QED) is 0.0579. The lowest BCUT2D eigenvalue weighted by molar-refractivity contribution is -0.142. The fourth-order valence-corrected chi connectivity index (χ4v) is 7.93. The number of nitrogens with zero attached hydrogens (tertiary/aromatic N) is 1. The summed E-state index contributed by atoms with van der Waals surface area (Å²) in [6.07, 6.45) is 1.29. The summed E-state index contributed by atoms with van der Waals surface area (Å²) >= 11 is 1.42. The van der Waals surface area contributed by atoms with Crippen LogP contribution in [0.1, 0.15) is 68.9 Å². The molecule has 2 amide bonds. The largest absolute Gasteiger partial charge is 0.497 e. The zero-order chi connectivity index (χ0) is 45.2. The third-order valence-corrected chi connectivity index (χ3v) is 11.5. The smallest absolute Gasteiger partial charge is 0.414 e. The Kier molecular flexibility index (Phi) is 16.1. The highest BCUT2D eigenvalue weighted by Gasteiger charge is 2.36. The van der Waals surface area contributed by atoms with E-state index in [9.17, 15) is 14.4 Å². The number of methoxy groups -OCH3 is 2. The average molecular weight is 873 g/mol. The van der Waals surface area contributed by atoms with Crippen LogP contribution < -0.4 is 33.9 Å². The fraction of sp³-hybridized carbons (Fsp3) is 0.438. The van der Waals surface area contributed by atoms with Crippen molar-refractivity contribution in [1.82, 2.24) is 0 Å². The molecule has 2 unspecified atom stereocenters. The lowest BCUT2D eigenvalue weighted by Gasteiger charge is -2.38. The van der Waals surface area contributed by atoms with E-state index in [-0.39, 0.29) is 32.6 Å². The van der Waals surface area contributed by atoms with Crippen LogP contribution in [-0.4, -0.2) is 82.3 Å². The molecule has 0 saturated heterocycles. The molecule has 1 aliphatic heterocycles. The van der Waals surface area contributed by atoms with Crippen molar-refractivity contribution in [3.8, 4) is 28.7 Å². The van der Waals surface area contributed by atoms with Crippen molar-refractivity contribution in [3.05, 3.63) is 94.5 Å². The summed E-state index contributed by atoms with van der Waals surface area (Å²) < 4.78 is 46.3. The van der Waals surface area contributed by atoms with Gasteiger partial charge in [-0.15, -0.1) is 11.8 Å². The maximum atomic E-state index is 13.3. The molecule has 0 spiro atoms. The minimum atomic E-state index is -0.754. The zero-order valence-corrected chi connectivity index (χ0v) is 38.5. The lowest BCUT2D eigenvalue weighted by Crippen LogP contribution is -2.42. The van der Waals surface area contributed by atoms with E-state index in [1.807, 2.05) is 64.1 Å².